The van der Waals surface area contributed by atoms with Gasteiger partial charge in [0.1, 0.15) is 12.4 Å². The first-order valence-corrected chi connectivity index (χ1v) is 7.52. The summed E-state index contributed by atoms with van der Waals surface area (Å²) in [5.74, 6) is 1.53. The van der Waals surface area contributed by atoms with Gasteiger partial charge in [0.05, 0.1) is 10.2 Å². The molecule has 1 aromatic heterocycles. The molecule has 0 radical (unpaired) electrons. The van der Waals surface area contributed by atoms with Gasteiger partial charge in [-0.15, -0.1) is 0 Å². The summed E-state index contributed by atoms with van der Waals surface area (Å²) in [5, 5.41) is 7.21. The first kappa shape index (κ1) is 15.1. The van der Waals surface area contributed by atoms with Gasteiger partial charge in [-0.1, -0.05) is 18.1 Å². The maximum atomic E-state index is 5.72. The van der Waals surface area contributed by atoms with Crippen LogP contribution in [0.25, 0.3) is 0 Å². The molecule has 0 saturated heterocycles. The third-order valence-electron chi connectivity index (χ3n) is 2.80. The molecule has 0 amide bonds. The van der Waals surface area contributed by atoms with E-state index in [1.807, 2.05) is 19.1 Å². The summed E-state index contributed by atoms with van der Waals surface area (Å²) in [5.41, 5.74) is 2.09. The summed E-state index contributed by atoms with van der Waals surface area (Å²) in [6, 6.07) is 7.98. The molecule has 0 aliphatic carbocycles. The first-order chi connectivity index (χ1) is 9.69. The van der Waals surface area contributed by atoms with Crippen molar-refractivity contribution in [3.8, 4) is 5.75 Å². The fraction of sp³-hybridized carbons (Fsp3) is 0.400. The van der Waals surface area contributed by atoms with Gasteiger partial charge in [-0.05, 0) is 53.5 Å². The number of aromatic nitrogens is 1. The molecule has 2 aromatic rings. The Balaban J connectivity index is 1.92. The second kappa shape index (κ2) is 7.45. The Bertz CT molecular complexity index is 555. The third-order valence-corrected chi connectivity index (χ3v) is 3.42. The Kier molecular flexibility index (Phi) is 5.61. The summed E-state index contributed by atoms with van der Waals surface area (Å²) in [6.45, 7) is 6.33. The van der Waals surface area contributed by atoms with Gasteiger partial charge in [0.2, 0.25) is 0 Å². The van der Waals surface area contributed by atoms with Gasteiger partial charge in [0.15, 0.2) is 5.76 Å². The number of hydrogen-bond acceptors (Lipinski definition) is 4. The lowest BCUT2D eigenvalue weighted by atomic mass is 10.2. The van der Waals surface area contributed by atoms with Gasteiger partial charge in [-0.2, -0.15) is 0 Å². The van der Waals surface area contributed by atoms with E-state index in [2.05, 4.69) is 45.5 Å². The Hall–Kier alpha value is -1.33. The zero-order valence-electron chi connectivity index (χ0n) is 11.8. The lowest BCUT2D eigenvalue weighted by Gasteiger charge is -2.09. The lowest BCUT2D eigenvalue weighted by molar-refractivity contribution is 0.247. The average molecular weight is 339 g/mol. The molecule has 20 heavy (non-hydrogen) atoms. The molecular formula is C15H19BrN2O2. The molecule has 1 heterocycles. The minimum Gasteiger partial charge on any atom is -0.484 e. The van der Waals surface area contributed by atoms with Crippen LogP contribution in [0, 0.1) is 6.92 Å². The highest BCUT2D eigenvalue weighted by Crippen LogP contribution is 2.26. The number of nitrogens with zero attached hydrogens (tertiary/aromatic N) is 1. The standard InChI is InChI=1S/C15H19BrN2O2/c1-3-6-17-9-12-4-5-15(14(16)8-12)19-10-13-7-11(2)18-20-13/h4-5,7-8,17H,3,6,9-10H2,1-2H3. The van der Waals surface area contributed by atoms with Crippen LogP contribution in [0.15, 0.2) is 33.3 Å². The van der Waals surface area contributed by atoms with Crippen molar-refractivity contribution in [1.82, 2.24) is 10.5 Å². The number of ether oxygens (including phenoxy) is 1. The zero-order chi connectivity index (χ0) is 14.4. The van der Waals surface area contributed by atoms with Crippen LogP contribution in [0.3, 0.4) is 0 Å². The minimum atomic E-state index is 0.382. The lowest BCUT2D eigenvalue weighted by Crippen LogP contribution is -2.13. The summed E-state index contributed by atoms with van der Waals surface area (Å²) in [4.78, 5) is 0. The van der Waals surface area contributed by atoms with E-state index in [1.54, 1.807) is 0 Å². The highest BCUT2D eigenvalue weighted by molar-refractivity contribution is 9.10. The second-order valence-electron chi connectivity index (χ2n) is 4.66. The summed E-state index contributed by atoms with van der Waals surface area (Å²) < 4.78 is 11.8. The summed E-state index contributed by atoms with van der Waals surface area (Å²) in [6.07, 6.45) is 1.14. The smallest absolute Gasteiger partial charge is 0.174 e. The van der Waals surface area contributed by atoms with Gasteiger partial charge in [-0.25, -0.2) is 0 Å². The molecule has 0 fully saturated rings. The fourth-order valence-corrected chi connectivity index (χ4v) is 2.35. The van der Waals surface area contributed by atoms with Gasteiger partial charge in [0.25, 0.3) is 0 Å². The van der Waals surface area contributed by atoms with Gasteiger partial charge in [0, 0.05) is 12.6 Å². The molecule has 0 bridgehead atoms. The molecule has 0 atom stereocenters. The van der Waals surface area contributed by atoms with Crippen LogP contribution in [0.4, 0.5) is 0 Å². The molecule has 4 nitrogen and oxygen atoms in total. The number of hydrogen-bond donors (Lipinski definition) is 1. The van der Waals surface area contributed by atoms with Crippen LogP contribution in [0.1, 0.15) is 30.4 Å². The topological polar surface area (TPSA) is 47.3 Å². The number of nitrogens with one attached hydrogen (secondary N) is 1. The summed E-state index contributed by atoms with van der Waals surface area (Å²) >= 11 is 3.54. The van der Waals surface area contributed by atoms with E-state index in [0.717, 1.165) is 41.2 Å². The monoisotopic (exact) mass is 338 g/mol. The van der Waals surface area contributed by atoms with Crippen LogP contribution < -0.4 is 10.1 Å². The third kappa shape index (κ3) is 4.35. The molecule has 1 aromatic carbocycles. The van der Waals surface area contributed by atoms with Gasteiger partial charge >= 0.3 is 0 Å². The quantitative estimate of drug-likeness (QED) is 0.779. The largest absolute Gasteiger partial charge is 0.484 e. The number of halogens is 1. The molecule has 0 saturated carbocycles. The highest BCUT2D eigenvalue weighted by atomic mass is 79.9. The van der Waals surface area contributed by atoms with Crippen LogP contribution in [0.2, 0.25) is 0 Å². The average Bonchev–Trinajstić information content (AvgIpc) is 2.84. The van der Waals surface area contributed by atoms with Crippen molar-refractivity contribution < 1.29 is 9.26 Å². The van der Waals surface area contributed by atoms with Crippen molar-refractivity contribution >= 4 is 15.9 Å². The summed E-state index contributed by atoms with van der Waals surface area (Å²) in [7, 11) is 0. The van der Waals surface area contributed by atoms with E-state index in [0.29, 0.717) is 6.61 Å². The Labute approximate surface area is 127 Å². The van der Waals surface area contributed by atoms with Crippen LogP contribution in [0.5, 0.6) is 5.75 Å². The second-order valence-corrected chi connectivity index (χ2v) is 5.52. The van der Waals surface area contributed by atoms with E-state index < -0.39 is 0 Å². The molecule has 0 spiro atoms. The molecule has 0 aliphatic rings. The molecule has 1 N–H and O–H groups in total. The number of benzene rings is 1. The van der Waals surface area contributed by atoms with E-state index >= 15 is 0 Å². The molecule has 0 aliphatic heterocycles. The fourth-order valence-electron chi connectivity index (χ4n) is 1.81. The molecule has 2 rings (SSSR count). The Morgan fingerprint density at radius 1 is 1.35 bits per heavy atom. The van der Waals surface area contributed by atoms with E-state index in [9.17, 15) is 0 Å². The van der Waals surface area contributed by atoms with E-state index in [4.69, 9.17) is 9.26 Å². The predicted octanol–water partition coefficient (Wildman–Crippen LogP) is 3.82. The maximum Gasteiger partial charge on any atom is 0.174 e. The Morgan fingerprint density at radius 2 is 2.20 bits per heavy atom. The van der Waals surface area contributed by atoms with E-state index in [-0.39, 0.29) is 0 Å². The molecule has 108 valence electrons. The normalized spacial score (nSPS) is 10.8. The van der Waals surface area contributed by atoms with E-state index in [1.165, 1.54) is 5.56 Å². The molecule has 5 heteroatoms. The van der Waals surface area contributed by atoms with Crippen molar-refractivity contribution in [3.05, 3.63) is 45.8 Å². The van der Waals surface area contributed by atoms with Gasteiger partial charge < -0.3 is 14.6 Å². The van der Waals surface area contributed by atoms with Crippen LogP contribution >= 0.6 is 15.9 Å². The Morgan fingerprint density at radius 3 is 2.85 bits per heavy atom. The minimum absolute atomic E-state index is 0.382. The zero-order valence-corrected chi connectivity index (χ0v) is 13.4. The maximum absolute atomic E-state index is 5.72. The van der Waals surface area contributed by atoms with Crippen molar-refractivity contribution in [2.75, 3.05) is 6.54 Å². The first-order valence-electron chi connectivity index (χ1n) is 6.73. The number of aryl methyl sites for hydroxylation is 1. The highest BCUT2D eigenvalue weighted by Gasteiger charge is 2.06. The van der Waals surface area contributed by atoms with Crippen molar-refractivity contribution in [2.24, 2.45) is 0 Å². The van der Waals surface area contributed by atoms with Crippen molar-refractivity contribution in [1.29, 1.82) is 0 Å². The molecule has 0 unspecified atom stereocenters. The van der Waals surface area contributed by atoms with Gasteiger partial charge in [-0.3, -0.25) is 0 Å². The molecular weight excluding hydrogens is 320 g/mol. The number of rotatable bonds is 7. The van der Waals surface area contributed by atoms with Crippen molar-refractivity contribution in [3.63, 3.8) is 0 Å². The SMILES string of the molecule is CCCNCc1ccc(OCc2cc(C)no2)c(Br)c1. The van der Waals surface area contributed by atoms with Crippen LogP contribution in [-0.4, -0.2) is 11.7 Å². The van der Waals surface area contributed by atoms with Crippen molar-refractivity contribution in [2.45, 2.75) is 33.4 Å². The predicted molar refractivity (Wildman–Crippen MR) is 81.7 cm³/mol. The van der Waals surface area contributed by atoms with Crippen LogP contribution in [-0.2, 0) is 13.2 Å².